The van der Waals surface area contributed by atoms with Crippen molar-refractivity contribution < 1.29 is 0 Å². The summed E-state index contributed by atoms with van der Waals surface area (Å²) in [5.41, 5.74) is 1.96. The van der Waals surface area contributed by atoms with Crippen molar-refractivity contribution >= 4 is 6.08 Å². The lowest BCUT2D eigenvalue weighted by atomic mass is 10.1. The summed E-state index contributed by atoms with van der Waals surface area (Å²) in [5.74, 6) is 0. The van der Waals surface area contributed by atoms with Crippen molar-refractivity contribution in [2.24, 2.45) is 0 Å². The fourth-order valence-electron chi connectivity index (χ4n) is 1.18. The predicted molar refractivity (Wildman–Crippen MR) is 54.9 cm³/mol. The minimum Gasteiger partial charge on any atom is -0.193 e. The maximum absolute atomic E-state index is 8.80. The molecule has 0 saturated heterocycles. The second-order valence-electron chi connectivity index (χ2n) is 2.94. The quantitative estimate of drug-likeness (QED) is 0.639. The molecule has 0 aliphatic carbocycles. The monoisotopic (exact) mass is 171 g/mol. The molecule has 0 radical (unpaired) electrons. The van der Waals surface area contributed by atoms with Crippen LogP contribution in [0.5, 0.6) is 0 Å². The highest BCUT2D eigenvalue weighted by molar-refractivity contribution is 5.56. The van der Waals surface area contributed by atoms with Gasteiger partial charge in [0.05, 0.1) is 6.07 Å². The zero-order chi connectivity index (χ0) is 9.52. The summed E-state index contributed by atoms with van der Waals surface area (Å²) in [7, 11) is 0. The molecule has 0 atom stereocenters. The maximum Gasteiger partial charge on any atom is 0.0947 e. The van der Waals surface area contributed by atoms with Gasteiger partial charge in [0.25, 0.3) is 0 Å². The summed E-state index contributed by atoms with van der Waals surface area (Å²) in [6.07, 6.45) is 3.83. The Hall–Kier alpha value is -1.55. The van der Waals surface area contributed by atoms with E-state index in [2.05, 4.69) is 13.0 Å². The number of benzene rings is 1. The van der Waals surface area contributed by atoms with Gasteiger partial charge >= 0.3 is 0 Å². The maximum atomic E-state index is 8.80. The molecule has 0 aliphatic rings. The number of hydrogen-bond acceptors (Lipinski definition) is 1. The first-order valence-electron chi connectivity index (χ1n) is 4.52. The summed E-state index contributed by atoms with van der Waals surface area (Å²) in [6, 6.07) is 12.2. The van der Waals surface area contributed by atoms with Gasteiger partial charge in [-0.1, -0.05) is 43.7 Å². The lowest BCUT2D eigenvalue weighted by molar-refractivity contribution is 0.934. The van der Waals surface area contributed by atoms with Gasteiger partial charge in [-0.05, 0) is 18.1 Å². The van der Waals surface area contributed by atoms with Crippen LogP contribution in [0.15, 0.2) is 35.9 Å². The van der Waals surface area contributed by atoms with Gasteiger partial charge in [-0.25, -0.2) is 0 Å². The highest BCUT2D eigenvalue weighted by Gasteiger charge is 1.93. The standard InChI is InChI=1S/C12H13N/c1-2-6-12(10-13)9-11-7-4-3-5-8-11/h3-5,7-9H,2,6H2,1H3. The predicted octanol–water partition coefficient (Wildman–Crippen LogP) is 3.39. The molecular formula is C12H13N. The van der Waals surface area contributed by atoms with E-state index in [0.29, 0.717) is 0 Å². The van der Waals surface area contributed by atoms with Crippen molar-refractivity contribution in [1.29, 1.82) is 5.26 Å². The molecule has 0 heterocycles. The Bertz CT molecular complexity index is 317. The van der Waals surface area contributed by atoms with Gasteiger partial charge in [0.1, 0.15) is 0 Å². The van der Waals surface area contributed by atoms with Crippen molar-refractivity contribution in [2.75, 3.05) is 0 Å². The summed E-state index contributed by atoms with van der Waals surface area (Å²) in [6.45, 7) is 2.08. The van der Waals surface area contributed by atoms with E-state index in [1.165, 1.54) is 0 Å². The van der Waals surface area contributed by atoms with E-state index in [0.717, 1.165) is 24.0 Å². The van der Waals surface area contributed by atoms with Gasteiger partial charge in [-0.15, -0.1) is 0 Å². The van der Waals surface area contributed by atoms with Crippen molar-refractivity contribution in [1.82, 2.24) is 0 Å². The van der Waals surface area contributed by atoms with Crippen molar-refractivity contribution in [3.05, 3.63) is 41.5 Å². The lowest BCUT2D eigenvalue weighted by Gasteiger charge is -1.95. The molecule has 1 aromatic carbocycles. The van der Waals surface area contributed by atoms with Crippen LogP contribution in [-0.2, 0) is 0 Å². The van der Waals surface area contributed by atoms with Crippen LogP contribution < -0.4 is 0 Å². The fourth-order valence-corrected chi connectivity index (χ4v) is 1.18. The first-order chi connectivity index (χ1) is 6.36. The average molecular weight is 171 g/mol. The normalized spacial score (nSPS) is 10.9. The minimum absolute atomic E-state index is 0.855. The Balaban J connectivity index is 2.81. The second kappa shape index (κ2) is 5.16. The Morgan fingerprint density at radius 1 is 1.38 bits per heavy atom. The molecule has 1 heteroatoms. The largest absolute Gasteiger partial charge is 0.193 e. The molecule has 13 heavy (non-hydrogen) atoms. The zero-order valence-corrected chi connectivity index (χ0v) is 7.83. The molecule has 0 aliphatic heterocycles. The summed E-state index contributed by atoms with van der Waals surface area (Å²) in [5, 5.41) is 8.80. The third kappa shape index (κ3) is 3.13. The van der Waals surface area contributed by atoms with Gasteiger partial charge in [0.15, 0.2) is 0 Å². The SMILES string of the molecule is CCCC(C#N)=Cc1ccccc1. The molecule has 1 nitrogen and oxygen atoms in total. The first-order valence-corrected chi connectivity index (χ1v) is 4.52. The molecule has 0 N–H and O–H groups in total. The number of hydrogen-bond donors (Lipinski definition) is 0. The number of allylic oxidation sites excluding steroid dienone is 1. The van der Waals surface area contributed by atoms with Gasteiger partial charge < -0.3 is 0 Å². The van der Waals surface area contributed by atoms with Crippen LogP contribution in [0.3, 0.4) is 0 Å². The van der Waals surface area contributed by atoms with Gasteiger partial charge in [0, 0.05) is 5.57 Å². The smallest absolute Gasteiger partial charge is 0.0947 e. The summed E-state index contributed by atoms with van der Waals surface area (Å²) in [4.78, 5) is 0. The number of nitriles is 1. The number of nitrogens with zero attached hydrogens (tertiary/aromatic N) is 1. The lowest BCUT2D eigenvalue weighted by Crippen LogP contribution is -1.78. The molecule has 0 bridgehead atoms. The Morgan fingerprint density at radius 3 is 2.62 bits per heavy atom. The molecular weight excluding hydrogens is 158 g/mol. The van der Waals surface area contributed by atoms with Crippen molar-refractivity contribution in [3.63, 3.8) is 0 Å². The van der Waals surface area contributed by atoms with E-state index in [1.54, 1.807) is 0 Å². The van der Waals surface area contributed by atoms with Crippen LogP contribution >= 0.6 is 0 Å². The fraction of sp³-hybridized carbons (Fsp3) is 0.250. The Morgan fingerprint density at radius 2 is 2.08 bits per heavy atom. The summed E-state index contributed by atoms with van der Waals surface area (Å²) >= 11 is 0. The van der Waals surface area contributed by atoms with Crippen molar-refractivity contribution in [3.8, 4) is 6.07 Å². The molecule has 1 aromatic rings. The topological polar surface area (TPSA) is 23.8 Å². The molecule has 0 spiro atoms. The van der Waals surface area contributed by atoms with E-state index in [9.17, 15) is 0 Å². The minimum atomic E-state index is 0.855. The summed E-state index contributed by atoms with van der Waals surface area (Å²) < 4.78 is 0. The van der Waals surface area contributed by atoms with Crippen LogP contribution in [0.1, 0.15) is 25.3 Å². The van der Waals surface area contributed by atoms with E-state index in [-0.39, 0.29) is 0 Å². The van der Waals surface area contributed by atoms with Crippen LogP contribution in [0.25, 0.3) is 6.08 Å². The van der Waals surface area contributed by atoms with Crippen LogP contribution in [0, 0.1) is 11.3 Å². The van der Waals surface area contributed by atoms with Gasteiger partial charge in [-0.3, -0.25) is 0 Å². The molecule has 0 amide bonds. The van der Waals surface area contributed by atoms with E-state index in [1.807, 2.05) is 36.4 Å². The second-order valence-corrected chi connectivity index (χ2v) is 2.94. The van der Waals surface area contributed by atoms with Crippen molar-refractivity contribution in [2.45, 2.75) is 19.8 Å². The zero-order valence-electron chi connectivity index (χ0n) is 7.83. The number of rotatable bonds is 3. The van der Waals surface area contributed by atoms with E-state index in [4.69, 9.17) is 5.26 Å². The van der Waals surface area contributed by atoms with Crippen LogP contribution in [-0.4, -0.2) is 0 Å². The molecule has 0 fully saturated rings. The molecule has 0 saturated carbocycles. The first kappa shape index (κ1) is 9.54. The molecule has 0 unspecified atom stereocenters. The third-order valence-electron chi connectivity index (χ3n) is 1.80. The highest BCUT2D eigenvalue weighted by atomic mass is 14.2. The molecule has 66 valence electrons. The van der Waals surface area contributed by atoms with Crippen LogP contribution in [0.4, 0.5) is 0 Å². The van der Waals surface area contributed by atoms with Gasteiger partial charge in [-0.2, -0.15) is 5.26 Å². The third-order valence-corrected chi connectivity index (χ3v) is 1.80. The van der Waals surface area contributed by atoms with E-state index < -0.39 is 0 Å². The molecule has 1 rings (SSSR count). The van der Waals surface area contributed by atoms with E-state index >= 15 is 0 Å². The van der Waals surface area contributed by atoms with Gasteiger partial charge in [0.2, 0.25) is 0 Å². The molecule has 0 aromatic heterocycles. The highest BCUT2D eigenvalue weighted by Crippen LogP contribution is 2.10. The Kier molecular flexibility index (Phi) is 3.78. The Labute approximate surface area is 79.3 Å². The average Bonchev–Trinajstić information content (AvgIpc) is 2.19. The van der Waals surface area contributed by atoms with Crippen LogP contribution in [0.2, 0.25) is 0 Å².